The van der Waals surface area contributed by atoms with Crippen LogP contribution >= 0.6 is 15.9 Å². The lowest BCUT2D eigenvalue weighted by Crippen LogP contribution is -2.23. The van der Waals surface area contributed by atoms with Crippen LogP contribution in [0.2, 0.25) is 0 Å². The van der Waals surface area contributed by atoms with E-state index >= 15 is 0 Å². The van der Waals surface area contributed by atoms with Crippen LogP contribution in [0.15, 0.2) is 53.0 Å². The summed E-state index contributed by atoms with van der Waals surface area (Å²) < 4.78 is 19.3. The van der Waals surface area contributed by atoms with Gasteiger partial charge in [0.05, 0.1) is 6.54 Å². The molecule has 4 nitrogen and oxygen atoms in total. The third-order valence-electron chi connectivity index (χ3n) is 3.58. The van der Waals surface area contributed by atoms with E-state index in [0.717, 1.165) is 4.47 Å². The molecule has 0 aromatic heterocycles. The van der Waals surface area contributed by atoms with Crippen molar-refractivity contribution in [3.8, 4) is 0 Å². The van der Waals surface area contributed by atoms with E-state index in [2.05, 4.69) is 15.9 Å². The van der Waals surface area contributed by atoms with Crippen molar-refractivity contribution in [2.45, 2.75) is 0 Å². The Kier molecular flexibility index (Phi) is 4.76. The molecule has 0 N–H and O–H groups in total. The molecule has 6 heteroatoms. The first-order valence-corrected chi connectivity index (χ1v) is 8.06. The van der Waals surface area contributed by atoms with Crippen LogP contribution in [0.1, 0.15) is 15.9 Å². The van der Waals surface area contributed by atoms with E-state index in [9.17, 15) is 14.0 Å². The zero-order chi connectivity index (χ0) is 17.1. The Morgan fingerprint density at radius 2 is 2.08 bits per heavy atom. The van der Waals surface area contributed by atoms with Crippen molar-refractivity contribution in [1.82, 2.24) is 0 Å². The van der Waals surface area contributed by atoms with Gasteiger partial charge in [0.1, 0.15) is 12.4 Å². The molecule has 122 valence electrons. The molecule has 1 aliphatic heterocycles. The monoisotopic (exact) mass is 389 g/mol. The number of hydrogen-bond acceptors (Lipinski definition) is 3. The first kappa shape index (κ1) is 16.4. The Morgan fingerprint density at radius 3 is 2.83 bits per heavy atom. The van der Waals surface area contributed by atoms with Gasteiger partial charge in [-0.15, -0.1) is 0 Å². The summed E-state index contributed by atoms with van der Waals surface area (Å²) in [6, 6.07) is 11.2. The highest BCUT2D eigenvalue weighted by Crippen LogP contribution is 2.21. The molecule has 1 saturated heterocycles. The topological polar surface area (TPSA) is 46.6 Å². The van der Waals surface area contributed by atoms with E-state index < -0.39 is 11.9 Å². The molecule has 1 fully saturated rings. The van der Waals surface area contributed by atoms with E-state index in [1.807, 2.05) is 0 Å². The fraction of sp³-hybridized carbons (Fsp3) is 0.111. The predicted octanol–water partition coefficient (Wildman–Crippen LogP) is 4.44. The lowest BCUT2D eigenvalue weighted by molar-refractivity contribution is 0.104. The van der Waals surface area contributed by atoms with Gasteiger partial charge in [-0.2, -0.15) is 0 Å². The number of amides is 1. The van der Waals surface area contributed by atoms with Crippen LogP contribution in [0.3, 0.4) is 0 Å². The van der Waals surface area contributed by atoms with Crippen LogP contribution in [0.25, 0.3) is 6.08 Å². The zero-order valence-corrected chi connectivity index (χ0v) is 14.1. The Balaban J connectivity index is 1.81. The Morgan fingerprint density at radius 1 is 1.25 bits per heavy atom. The molecule has 0 radical (unpaired) electrons. The summed E-state index contributed by atoms with van der Waals surface area (Å²) in [6.07, 6.45) is 2.32. The second-order valence-corrected chi connectivity index (χ2v) is 6.10. The number of nitrogens with zero attached hydrogens (tertiary/aromatic N) is 1. The smallest absolute Gasteiger partial charge is 0.414 e. The third-order valence-corrected chi connectivity index (χ3v) is 4.07. The standard InChI is InChI=1S/C18H13BrFNO3/c19-14-5-6-16(20)12(10-14)4-7-17(22)13-2-1-3-15(11-13)21-8-9-24-18(21)23/h1-7,10-11H,8-9H2/b7-4+. The summed E-state index contributed by atoms with van der Waals surface area (Å²) in [7, 11) is 0. The predicted molar refractivity (Wildman–Crippen MR) is 92.6 cm³/mol. The maximum Gasteiger partial charge on any atom is 0.414 e. The van der Waals surface area contributed by atoms with E-state index in [1.54, 1.807) is 36.4 Å². The van der Waals surface area contributed by atoms with Crippen molar-refractivity contribution >= 4 is 39.6 Å². The van der Waals surface area contributed by atoms with E-state index in [0.29, 0.717) is 30.0 Å². The highest BCUT2D eigenvalue weighted by molar-refractivity contribution is 9.10. The third kappa shape index (κ3) is 3.54. The number of rotatable bonds is 4. The van der Waals surface area contributed by atoms with Crippen LogP contribution in [-0.2, 0) is 4.74 Å². The van der Waals surface area contributed by atoms with Gasteiger partial charge in [0.2, 0.25) is 0 Å². The normalized spacial score (nSPS) is 14.2. The average Bonchev–Trinajstić information content (AvgIpc) is 3.01. The highest BCUT2D eigenvalue weighted by Gasteiger charge is 2.23. The fourth-order valence-electron chi connectivity index (χ4n) is 2.36. The minimum absolute atomic E-state index is 0.274. The molecule has 3 rings (SSSR count). The van der Waals surface area contributed by atoms with E-state index in [4.69, 9.17) is 4.74 Å². The van der Waals surface area contributed by atoms with E-state index in [1.165, 1.54) is 23.1 Å². The van der Waals surface area contributed by atoms with Gasteiger partial charge >= 0.3 is 6.09 Å². The molecule has 24 heavy (non-hydrogen) atoms. The van der Waals surface area contributed by atoms with Gasteiger partial charge in [-0.25, -0.2) is 9.18 Å². The first-order chi connectivity index (χ1) is 11.5. The minimum atomic E-state index is -0.425. The van der Waals surface area contributed by atoms with Gasteiger partial charge in [0.15, 0.2) is 5.78 Å². The maximum absolute atomic E-state index is 13.7. The molecule has 1 aliphatic rings. The van der Waals surface area contributed by atoms with Gasteiger partial charge < -0.3 is 4.74 Å². The summed E-state index contributed by atoms with van der Waals surface area (Å²) in [6.45, 7) is 0.786. The lowest BCUT2D eigenvalue weighted by Gasteiger charge is -2.13. The number of hydrogen-bond donors (Lipinski definition) is 0. The lowest BCUT2D eigenvalue weighted by atomic mass is 10.1. The zero-order valence-electron chi connectivity index (χ0n) is 12.5. The summed E-state index contributed by atoms with van der Waals surface area (Å²) in [4.78, 5) is 25.4. The number of allylic oxidation sites excluding steroid dienone is 1. The Bertz CT molecular complexity index is 835. The van der Waals surface area contributed by atoms with Crippen molar-refractivity contribution in [3.63, 3.8) is 0 Å². The fourth-order valence-corrected chi connectivity index (χ4v) is 2.74. The molecule has 1 heterocycles. The molecule has 0 saturated carbocycles. The summed E-state index contributed by atoms with van der Waals surface area (Å²) in [5.41, 5.74) is 1.33. The molecule has 0 aliphatic carbocycles. The number of carbonyl (C=O) groups excluding carboxylic acids is 2. The van der Waals surface area contributed by atoms with Crippen molar-refractivity contribution in [1.29, 1.82) is 0 Å². The van der Waals surface area contributed by atoms with Crippen LogP contribution in [-0.4, -0.2) is 25.0 Å². The summed E-state index contributed by atoms with van der Waals surface area (Å²) in [5.74, 6) is -0.681. The summed E-state index contributed by atoms with van der Waals surface area (Å²) in [5, 5.41) is 0. The number of ketones is 1. The van der Waals surface area contributed by atoms with Crippen molar-refractivity contribution in [2.24, 2.45) is 0 Å². The van der Waals surface area contributed by atoms with Crippen LogP contribution < -0.4 is 4.90 Å². The quantitative estimate of drug-likeness (QED) is 0.573. The first-order valence-electron chi connectivity index (χ1n) is 7.26. The van der Waals surface area contributed by atoms with Gasteiger partial charge in [-0.05, 0) is 42.5 Å². The minimum Gasteiger partial charge on any atom is -0.447 e. The van der Waals surface area contributed by atoms with Crippen LogP contribution in [0.5, 0.6) is 0 Å². The Labute approximate surface area is 146 Å². The summed E-state index contributed by atoms with van der Waals surface area (Å²) >= 11 is 3.27. The van der Waals surface area contributed by atoms with Crippen LogP contribution in [0.4, 0.5) is 14.9 Å². The molecule has 0 spiro atoms. The number of ether oxygens (including phenoxy) is 1. The van der Waals surface area contributed by atoms with Gasteiger partial charge in [0, 0.05) is 21.3 Å². The van der Waals surface area contributed by atoms with Crippen molar-refractivity contribution in [3.05, 3.63) is 70.0 Å². The number of anilines is 1. The van der Waals surface area contributed by atoms with Crippen LogP contribution in [0, 0.1) is 5.82 Å². The second-order valence-electron chi connectivity index (χ2n) is 5.18. The Hall–Kier alpha value is -2.47. The number of carbonyl (C=O) groups is 2. The largest absolute Gasteiger partial charge is 0.447 e. The average molecular weight is 390 g/mol. The molecule has 0 atom stereocenters. The number of halogens is 2. The number of benzene rings is 2. The molecule has 2 aromatic carbocycles. The van der Waals surface area contributed by atoms with Gasteiger partial charge in [-0.3, -0.25) is 9.69 Å². The number of cyclic esters (lactones) is 1. The molecule has 0 bridgehead atoms. The molecule has 0 unspecified atom stereocenters. The highest BCUT2D eigenvalue weighted by atomic mass is 79.9. The van der Waals surface area contributed by atoms with E-state index in [-0.39, 0.29) is 5.78 Å². The van der Waals surface area contributed by atoms with Crippen molar-refractivity contribution in [2.75, 3.05) is 18.1 Å². The molecule has 2 aromatic rings. The van der Waals surface area contributed by atoms with Crippen molar-refractivity contribution < 1.29 is 18.7 Å². The maximum atomic E-state index is 13.7. The van der Waals surface area contributed by atoms with Gasteiger partial charge in [0.25, 0.3) is 0 Å². The molecule has 1 amide bonds. The molecular weight excluding hydrogens is 377 g/mol. The SMILES string of the molecule is O=C(/C=C/c1cc(Br)ccc1F)c1cccc(N2CCOC2=O)c1. The second kappa shape index (κ2) is 6.97. The molecular formula is C18H13BrFNO3. The van der Waals surface area contributed by atoms with Gasteiger partial charge in [-0.1, -0.05) is 28.1 Å².